The number of ether oxygens (including phenoxy) is 1. The van der Waals surface area contributed by atoms with Gasteiger partial charge in [0, 0.05) is 33.0 Å². The number of nitrogens with one attached hydrogen (secondary N) is 3. The Balaban J connectivity index is 1.56. The van der Waals surface area contributed by atoms with Crippen molar-refractivity contribution in [3.63, 3.8) is 0 Å². The molecule has 0 radical (unpaired) electrons. The molecule has 0 bridgehead atoms. The van der Waals surface area contributed by atoms with Crippen molar-refractivity contribution in [2.75, 3.05) is 23.1 Å². The number of thiocarbonyl (C=S) groups is 1. The Kier molecular flexibility index (Phi) is 6.06. The zero-order valence-corrected chi connectivity index (χ0v) is 18.4. The Labute approximate surface area is 187 Å². The topological polar surface area (TPSA) is 71.1 Å². The van der Waals surface area contributed by atoms with Crippen molar-refractivity contribution >= 4 is 67.0 Å². The van der Waals surface area contributed by atoms with Crippen LogP contribution in [0.2, 0.25) is 0 Å². The van der Waals surface area contributed by atoms with E-state index in [-0.39, 0.29) is 0 Å². The maximum Gasteiger partial charge on any atom is 0.175 e. The van der Waals surface area contributed by atoms with Crippen LogP contribution in [-0.4, -0.2) is 22.2 Å². The molecule has 6 nitrogen and oxygen atoms in total. The number of rotatable bonds is 5. The average Bonchev–Trinajstić information content (AvgIpc) is 2.76. The second-order valence-electron chi connectivity index (χ2n) is 6.40. The summed E-state index contributed by atoms with van der Waals surface area (Å²) in [4.78, 5) is 8.77. The lowest BCUT2D eigenvalue weighted by atomic mass is 10.2. The number of hydrogen-bond acceptors (Lipinski definition) is 5. The molecule has 0 atom stereocenters. The second kappa shape index (κ2) is 9.06. The molecule has 0 aliphatic heterocycles. The van der Waals surface area contributed by atoms with Crippen LogP contribution in [-0.2, 0) is 0 Å². The number of halogens is 1. The fourth-order valence-electron chi connectivity index (χ4n) is 2.90. The summed E-state index contributed by atoms with van der Waals surface area (Å²) in [7, 11) is 1.64. The molecule has 150 valence electrons. The van der Waals surface area contributed by atoms with E-state index in [1.165, 1.54) is 6.33 Å². The monoisotopic (exact) mass is 479 g/mol. The second-order valence-corrected chi connectivity index (χ2v) is 7.72. The van der Waals surface area contributed by atoms with Gasteiger partial charge < -0.3 is 20.7 Å². The maximum atomic E-state index is 5.44. The van der Waals surface area contributed by atoms with Gasteiger partial charge in [0.1, 0.15) is 17.9 Å². The SMILES string of the molecule is COc1cccc(Nc2ncnc3ccc(NC(=S)Nc4ccc(Br)cc4)cc23)c1. The van der Waals surface area contributed by atoms with E-state index in [0.29, 0.717) is 10.9 Å². The van der Waals surface area contributed by atoms with Crippen LogP contribution in [0.4, 0.5) is 22.9 Å². The van der Waals surface area contributed by atoms with Crippen molar-refractivity contribution in [1.29, 1.82) is 0 Å². The fourth-order valence-corrected chi connectivity index (χ4v) is 3.40. The van der Waals surface area contributed by atoms with Crippen molar-refractivity contribution in [3.8, 4) is 5.75 Å². The lowest BCUT2D eigenvalue weighted by Gasteiger charge is -2.13. The minimum Gasteiger partial charge on any atom is -0.497 e. The van der Waals surface area contributed by atoms with Crippen LogP contribution in [0.15, 0.2) is 77.5 Å². The standard InChI is InChI=1S/C22H18BrN5OS/c1-29-18-4-2-3-16(11-18)26-21-19-12-17(9-10-20(19)24-13-25-21)28-22(30)27-15-7-5-14(23)6-8-15/h2-13H,1H3,(H,24,25,26)(H2,27,28,30). The summed E-state index contributed by atoms with van der Waals surface area (Å²) >= 11 is 8.87. The molecule has 4 rings (SSSR count). The Morgan fingerprint density at radius 3 is 2.47 bits per heavy atom. The van der Waals surface area contributed by atoms with Crippen molar-refractivity contribution in [3.05, 3.63) is 77.5 Å². The first kappa shape index (κ1) is 20.1. The number of aromatic nitrogens is 2. The summed E-state index contributed by atoms with van der Waals surface area (Å²) in [5, 5.41) is 11.1. The molecule has 0 amide bonds. The van der Waals surface area contributed by atoms with Crippen LogP contribution in [0.1, 0.15) is 0 Å². The van der Waals surface area contributed by atoms with E-state index in [2.05, 4.69) is 41.8 Å². The molecule has 0 aliphatic rings. The Morgan fingerprint density at radius 2 is 1.67 bits per heavy atom. The van der Waals surface area contributed by atoms with Gasteiger partial charge in [-0.2, -0.15) is 0 Å². The third-order valence-electron chi connectivity index (χ3n) is 4.33. The molecular weight excluding hydrogens is 462 g/mol. The van der Waals surface area contributed by atoms with E-state index in [1.54, 1.807) is 7.11 Å². The average molecular weight is 480 g/mol. The molecule has 3 aromatic carbocycles. The van der Waals surface area contributed by atoms with Crippen LogP contribution < -0.4 is 20.7 Å². The summed E-state index contributed by atoms with van der Waals surface area (Å²) in [6.07, 6.45) is 1.54. The molecule has 3 N–H and O–H groups in total. The van der Waals surface area contributed by atoms with Gasteiger partial charge in [0.15, 0.2) is 5.11 Å². The molecule has 0 spiro atoms. The molecule has 0 unspecified atom stereocenters. The maximum absolute atomic E-state index is 5.44. The molecule has 8 heteroatoms. The van der Waals surface area contributed by atoms with Gasteiger partial charge >= 0.3 is 0 Å². The number of fused-ring (bicyclic) bond motifs is 1. The zero-order chi connectivity index (χ0) is 20.9. The zero-order valence-electron chi connectivity index (χ0n) is 16.0. The Hall–Kier alpha value is -3.23. The Morgan fingerprint density at radius 1 is 0.900 bits per heavy atom. The summed E-state index contributed by atoms with van der Waals surface area (Å²) in [6.45, 7) is 0. The summed E-state index contributed by atoms with van der Waals surface area (Å²) < 4.78 is 6.30. The van der Waals surface area contributed by atoms with Gasteiger partial charge in [-0.25, -0.2) is 9.97 Å². The minimum atomic E-state index is 0.496. The fraction of sp³-hybridized carbons (Fsp3) is 0.0455. The summed E-state index contributed by atoms with van der Waals surface area (Å²) in [6, 6.07) is 21.3. The first-order chi connectivity index (χ1) is 14.6. The van der Waals surface area contributed by atoms with Crippen molar-refractivity contribution in [2.24, 2.45) is 0 Å². The number of nitrogens with zero attached hydrogens (tertiary/aromatic N) is 2. The van der Waals surface area contributed by atoms with Gasteiger partial charge in [-0.3, -0.25) is 0 Å². The highest BCUT2D eigenvalue weighted by Gasteiger charge is 2.07. The third-order valence-corrected chi connectivity index (χ3v) is 5.06. The smallest absolute Gasteiger partial charge is 0.175 e. The van der Waals surface area contributed by atoms with Crippen molar-refractivity contribution < 1.29 is 4.74 Å². The summed E-state index contributed by atoms with van der Waals surface area (Å²) in [5.41, 5.74) is 3.44. The lowest BCUT2D eigenvalue weighted by molar-refractivity contribution is 0.415. The predicted molar refractivity (Wildman–Crippen MR) is 130 cm³/mol. The molecular formula is C22H18BrN5OS. The van der Waals surface area contributed by atoms with Crippen molar-refractivity contribution in [1.82, 2.24) is 9.97 Å². The van der Waals surface area contributed by atoms with E-state index < -0.39 is 0 Å². The molecule has 30 heavy (non-hydrogen) atoms. The van der Waals surface area contributed by atoms with Crippen LogP contribution >= 0.6 is 28.1 Å². The van der Waals surface area contributed by atoms with E-state index in [4.69, 9.17) is 17.0 Å². The molecule has 0 fully saturated rings. The molecule has 4 aromatic rings. The quantitative estimate of drug-likeness (QED) is 0.305. The van der Waals surface area contributed by atoms with Crippen LogP contribution in [0.5, 0.6) is 5.75 Å². The van der Waals surface area contributed by atoms with E-state index in [0.717, 1.165) is 38.2 Å². The highest BCUT2D eigenvalue weighted by atomic mass is 79.9. The van der Waals surface area contributed by atoms with Gasteiger partial charge in [-0.1, -0.05) is 22.0 Å². The van der Waals surface area contributed by atoms with Gasteiger partial charge in [-0.15, -0.1) is 0 Å². The first-order valence-electron chi connectivity index (χ1n) is 9.10. The van der Waals surface area contributed by atoms with Crippen LogP contribution in [0, 0.1) is 0 Å². The molecule has 0 aliphatic carbocycles. The highest BCUT2D eigenvalue weighted by molar-refractivity contribution is 9.10. The number of hydrogen-bond donors (Lipinski definition) is 3. The Bertz CT molecular complexity index is 1200. The van der Waals surface area contributed by atoms with Gasteiger partial charge in [0.2, 0.25) is 0 Å². The minimum absolute atomic E-state index is 0.496. The predicted octanol–water partition coefficient (Wildman–Crippen LogP) is 5.95. The number of anilines is 4. The first-order valence-corrected chi connectivity index (χ1v) is 10.3. The number of benzene rings is 3. The largest absolute Gasteiger partial charge is 0.497 e. The van der Waals surface area contributed by atoms with E-state index >= 15 is 0 Å². The molecule has 1 aromatic heterocycles. The highest BCUT2D eigenvalue weighted by Crippen LogP contribution is 2.27. The third kappa shape index (κ3) is 4.84. The van der Waals surface area contributed by atoms with Crippen LogP contribution in [0.3, 0.4) is 0 Å². The van der Waals surface area contributed by atoms with Gasteiger partial charge in [0.25, 0.3) is 0 Å². The molecule has 0 saturated heterocycles. The molecule has 0 saturated carbocycles. The van der Waals surface area contributed by atoms with Gasteiger partial charge in [0.05, 0.1) is 12.6 Å². The summed E-state index contributed by atoms with van der Waals surface area (Å²) in [5.74, 6) is 1.47. The normalized spacial score (nSPS) is 10.5. The number of methoxy groups -OCH3 is 1. The van der Waals surface area contributed by atoms with Crippen LogP contribution in [0.25, 0.3) is 10.9 Å². The van der Waals surface area contributed by atoms with Gasteiger partial charge in [-0.05, 0) is 66.8 Å². The van der Waals surface area contributed by atoms with E-state index in [1.807, 2.05) is 66.7 Å². The van der Waals surface area contributed by atoms with Crippen molar-refractivity contribution in [2.45, 2.75) is 0 Å². The van der Waals surface area contributed by atoms with E-state index in [9.17, 15) is 0 Å². The lowest BCUT2D eigenvalue weighted by Crippen LogP contribution is -2.18. The molecule has 1 heterocycles.